The normalized spacial score (nSPS) is 16.3. The van der Waals surface area contributed by atoms with Crippen LogP contribution in [0.2, 0.25) is 10.0 Å². The number of halogens is 2. The smallest absolute Gasteiger partial charge is 0.305 e. The van der Waals surface area contributed by atoms with Gasteiger partial charge in [-0.1, -0.05) is 48.7 Å². The second kappa shape index (κ2) is 8.55. The van der Waals surface area contributed by atoms with Gasteiger partial charge in [0.05, 0.1) is 33.9 Å². The van der Waals surface area contributed by atoms with E-state index < -0.39 is 11.2 Å². The Hall–Kier alpha value is -1.69. The monoisotopic (exact) mass is 423 g/mol. The average molecular weight is 424 g/mol. The SMILES string of the molecule is CCCc1ccc2c(c1)N(Cc1ccc(Cl)c(Cl)c1)C(=O)C(CC(=O)O)S2. The number of rotatable bonds is 6. The van der Waals surface area contributed by atoms with Crippen molar-refractivity contribution in [3.63, 3.8) is 0 Å². The molecule has 1 unspecified atom stereocenters. The molecule has 1 aliphatic heterocycles. The number of anilines is 1. The van der Waals surface area contributed by atoms with Gasteiger partial charge in [0, 0.05) is 4.90 Å². The van der Waals surface area contributed by atoms with E-state index in [-0.39, 0.29) is 12.3 Å². The van der Waals surface area contributed by atoms with Gasteiger partial charge in [-0.15, -0.1) is 11.8 Å². The van der Waals surface area contributed by atoms with Gasteiger partial charge in [0.2, 0.25) is 5.91 Å². The molecule has 0 aliphatic carbocycles. The van der Waals surface area contributed by atoms with Gasteiger partial charge < -0.3 is 10.0 Å². The van der Waals surface area contributed by atoms with Gasteiger partial charge in [0.25, 0.3) is 0 Å². The first-order chi connectivity index (χ1) is 12.9. The van der Waals surface area contributed by atoms with Crippen molar-refractivity contribution < 1.29 is 14.7 Å². The van der Waals surface area contributed by atoms with E-state index in [4.69, 9.17) is 23.2 Å². The summed E-state index contributed by atoms with van der Waals surface area (Å²) in [6, 6.07) is 11.3. The first kappa shape index (κ1) is 20.1. The van der Waals surface area contributed by atoms with Crippen molar-refractivity contribution in [1.82, 2.24) is 0 Å². The van der Waals surface area contributed by atoms with Crippen LogP contribution < -0.4 is 4.90 Å². The molecule has 3 rings (SSSR count). The van der Waals surface area contributed by atoms with E-state index in [0.29, 0.717) is 16.6 Å². The van der Waals surface area contributed by atoms with Gasteiger partial charge in [0.15, 0.2) is 0 Å². The number of benzene rings is 2. The maximum absolute atomic E-state index is 13.0. The molecule has 2 aromatic carbocycles. The van der Waals surface area contributed by atoms with Gasteiger partial charge in [0.1, 0.15) is 0 Å². The number of thioether (sulfide) groups is 1. The Balaban J connectivity index is 1.99. The van der Waals surface area contributed by atoms with Crippen LogP contribution in [0.15, 0.2) is 41.3 Å². The highest BCUT2D eigenvalue weighted by Gasteiger charge is 2.35. The molecule has 1 aliphatic rings. The minimum atomic E-state index is -0.985. The van der Waals surface area contributed by atoms with Crippen molar-refractivity contribution in [3.8, 4) is 0 Å². The molecule has 0 radical (unpaired) electrons. The van der Waals surface area contributed by atoms with Crippen molar-refractivity contribution in [1.29, 1.82) is 0 Å². The molecule has 1 heterocycles. The fourth-order valence-corrected chi connectivity index (χ4v) is 4.60. The van der Waals surface area contributed by atoms with E-state index >= 15 is 0 Å². The summed E-state index contributed by atoms with van der Waals surface area (Å²) in [6.07, 6.45) is 1.72. The number of carbonyl (C=O) groups is 2. The summed E-state index contributed by atoms with van der Waals surface area (Å²) in [5, 5.41) is 9.41. The molecule has 142 valence electrons. The largest absolute Gasteiger partial charge is 0.481 e. The third-order valence-corrected chi connectivity index (χ3v) is 6.34. The van der Waals surface area contributed by atoms with E-state index in [1.165, 1.54) is 11.8 Å². The van der Waals surface area contributed by atoms with Crippen LogP contribution >= 0.6 is 35.0 Å². The van der Waals surface area contributed by atoms with Crippen LogP contribution in [0, 0.1) is 0 Å². The molecule has 0 saturated carbocycles. The Morgan fingerprint density at radius 2 is 1.89 bits per heavy atom. The topological polar surface area (TPSA) is 57.6 Å². The van der Waals surface area contributed by atoms with Crippen molar-refractivity contribution in [3.05, 3.63) is 57.6 Å². The second-order valence-electron chi connectivity index (χ2n) is 6.43. The molecular weight excluding hydrogens is 405 g/mol. The van der Waals surface area contributed by atoms with Crippen molar-refractivity contribution >= 4 is 52.5 Å². The van der Waals surface area contributed by atoms with Crippen molar-refractivity contribution in [2.75, 3.05) is 4.90 Å². The predicted octanol–water partition coefficient (Wildman–Crippen LogP) is 5.43. The number of carbonyl (C=O) groups excluding carboxylic acids is 1. The zero-order chi connectivity index (χ0) is 19.6. The third-order valence-electron chi connectivity index (χ3n) is 4.35. The highest BCUT2D eigenvalue weighted by Crippen LogP contribution is 2.42. The quantitative estimate of drug-likeness (QED) is 0.672. The van der Waals surface area contributed by atoms with Gasteiger partial charge in [-0.2, -0.15) is 0 Å². The van der Waals surface area contributed by atoms with Gasteiger partial charge in [-0.25, -0.2) is 0 Å². The van der Waals surface area contributed by atoms with Crippen LogP contribution in [0.4, 0.5) is 5.69 Å². The van der Waals surface area contributed by atoms with Gasteiger partial charge in [-0.05, 0) is 41.8 Å². The van der Waals surface area contributed by atoms with Crippen molar-refractivity contribution in [2.24, 2.45) is 0 Å². The molecule has 0 bridgehead atoms. The fourth-order valence-electron chi connectivity index (χ4n) is 3.09. The molecule has 7 heteroatoms. The lowest BCUT2D eigenvalue weighted by Crippen LogP contribution is -2.41. The summed E-state index contributed by atoms with van der Waals surface area (Å²) in [6.45, 7) is 2.42. The molecule has 1 atom stereocenters. The van der Waals surface area contributed by atoms with E-state index in [1.807, 2.05) is 24.3 Å². The minimum Gasteiger partial charge on any atom is -0.481 e. The number of aliphatic carboxylic acids is 1. The zero-order valence-corrected chi connectivity index (χ0v) is 17.1. The number of hydrogen-bond donors (Lipinski definition) is 1. The maximum atomic E-state index is 13.0. The fraction of sp³-hybridized carbons (Fsp3) is 0.300. The molecule has 1 N–H and O–H groups in total. The highest BCUT2D eigenvalue weighted by atomic mass is 35.5. The lowest BCUT2D eigenvalue weighted by Gasteiger charge is -2.34. The summed E-state index contributed by atoms with van der Waals surface area (Å²) in [5.74, 6) is -1.18. The molecule has 0 spiro atoms. The van der Waals surface area contributed by atoms with Crippen LogP contribution in [0.25, 0.3) is 0 Å². The van der Waals surface area contributed by atoms with Crippen LogP contribution in [-0.2, 0) is 22.6 Å². The summed E-state index contributed by atoms with van der Waals surface area (Å²) >= 11 is 13.4. The number of fused-ring (bicyclic) bond motifs is 1. The molecular formula is C20H19Cl2NO3S. The standard InChI is InChI=1S/C20H19Cl2NO3S/c1-2-3-12-5-7-17-16(9-12)23(20(26)18(27-17)10-19(24)25)11-13-4-6-14(21)15(22)8-13/h4-9,18H,2-3,10-11H2,1H3,(H,24,25). The summed E-state index contributed by atoms with van der Waals surface area (Å²) in [4.78, 5) is 26.8. The van der Waals surface area contributed by atoms with Crippen LogP contribution in [-0.4, -0.2) is 22.2 Å². The molecule has 4 nitrogen and oxygen atoms in total. The first-order valence-corrected chi connectivity index (χ1v) is 10.3. The summed E-state index contributed by atoms with van der Waals surface area (Å²) in [7, 11) is 0. The number of carboxylic acid groups (broad SMARTS) is 1. The van der Waals surface area contributed by atoms with Crippen molar-refractivity contribution in [2.45, 2.75) is 42.9 Å². The Morgan fingerprint density at radius 3 is 2.56 bits per heavy atom. The number of amides is 1. The highest BCUT2D eigenvalue weighted by molar-refractivity contribution is 8.01. The lowest BCUT2D eigenvalue weighted by molar-refractivity contribution is -0.138. The Bertz CT molecular complexity index is 888. The van der Waals surface area contributed by atoms with Gasteiger partial charge >= 0.3 is 5.97 Å². The summed E-state index contributed by atoms with van der Waals surface area (Å²) < 4.78 is 0. The predicted molar refractivity (Wildman–Crippen MR) is 110 cm³/mol. The average Bonchev–Trinajstić information content (AvgIpc) is 2.62. The third kappa shape index (κ3) is 4.60. The summed E-state index contributed by atoms with van der Waals surface area (Å²) in [5.41, 5.74) is 2.81. The molecule has 1 amide bonds. The van der Waals surface area contributed by atoms with E-state index in [2.05, 4.69) is 6.92 Å². The molecule has 27 heavy (non-hydrogen) atoms. The Morgan fingerprint density at radius 1 is 1.15 bits per heavy atom. The van der Waals surface area contributed by atoms with E-state index in [0.717, 1.165) is 34.6 Å². The number of aryl methyl sites for hydroxylation is 1. The first-order valence-electron chi connectivity index (χ1n) is 8.65. The second-order valence-corrected chi connectivity index (χ2v) is 8.49. The van der Waals surface area contributed by atoms with E-state index in [1.54, 1.807) is 17.0 Å². The number of carboxylic acids is 1. The van der Waals surface area contributed by atoms with Crippen LogP contribution in [0.1, 0.15) is 30.9 Å². The maximum Gasteiger partial charge on any atom is 0.305 e. The lowest BCUT2D eigenvalue weighted by atomic mass is 10.1. The molecule has 0 fully saturated rings. The van der Waals surface area contributed by atoms with Gasteiger partial charge in [-0.3, -0.25) is 9.59 Å². The van der Waals surface area contributed by atoms with Crippen LogP contribution in [0.5, 0.6) is 0 Å². The molecule has 0 aromatic heterocycles. The van der Waals surface area contributed by atoms with E-state index in [9.17, 15) is 14.7 Å². The zero-order valence-electron chi connectivity index (χ0n) is 14.7. The Kier molecular flexibility index (Phi) is 6.35. The Labute approximate surface area is 172 Å². The van der Waals surface area contributed by atoms with Crippen LogP contribution in [0.3, 0.4) is 0 Å². The number of hydrogen-bond acceptors (Lipinski definition) is 3. The minimum absolute atomic E-state index is 0.199. The number of nitrogens with zero attached hydrogens (tertiary/aromatic N) is 1. The molecule has 0 saturated heterocycles. The molecule has 2 aromatic rings.